The van der Waals surface area contributed by atoms with Crippen LogP contribution < -0.4 is 4.74 Å². The number of hydrogen-bond donors (Lipinski definition) is 0. The molecule has 2 heterocycles. The van der Waals surface area contributed by atoms with Gasteiger partial charge in [0.15, 0.2) is 12.4 Å². The number of nitrogens with zero attached hydrogens (tertiary/aromatic N) is 3. The number of amides is 1. The van der Waals surface area contributed by atoms with Gasteiger partial charge in [-0.1, -0.05) is 23.4 Å². The highest BCUT2D eigenvalue weighted by Gasteiger charge is 2.40. The molecule has 1 saturated carbocycles. The van der Waals surface area contributed by atoms with Crippen LogP contribution in [0.4, 0.5) is 0 Å². The van der Waals surface area contributed by atoms with Gasteiger partial charge in [0.2, 0.25) is 5.89 Å². The van der Waals surface area contributed by atoms with Crippen molar-refractivity contribution < 1.29 is 18.8 Å². The molecule has 0 spiro atoms. The largest absolute Gasteiger partial charge is 0.484 e. The lowest BCUT2D eigenvalue weighted by molar-refractivity contribution is -0.132. The molecule has 2 fully saturated rings. The molecule has 0 bridgehead atoms. The Labute approximate surface area is 152 Å². The van der Waals surface area contributed by atoms with E-state index in [2.05, 4.69) is 10.1 Å². The third kappa shape index (κ3) is 3.72. The summed E-state index contributed by atoms with van der Waals surface area (Å²) in [5, 5.41) is 4.11. The van der Waals surface area contributed by atoms with E-state index in [1.807, 2.05) is 30.3 Å². The van der Waals surface area contributed by atoms with Crippen molar-refractivity contribution in [1.29, 1.82) is 0 Å². The van der Waals surface area contributed by atoms with Crippen LogP contribution in [0.3, 0.4) is 0 Å². The van der Waals surface area contributed by atoms with Crippen LogP contribution in [0.1, 0.15) is 36.4 Å². The first kappa shape index (κ1) is 17.0. The predicted octanol–water partition coefficient (Wildman–Crippen LogP) is 2.21. The summed E-state index contributed by atoms with van der Waals surface area (Å²) < 4.78 is 16.4. The van der Waals surface area contributed by atoms with Crippen molar-refractivity contribution in [3.05, 3.63) is 42.0 Å². The molecule has 7 heteroatoms. The molecule has 0 N–H and O–H groups in total. The number of carbonyl (C=O) groups is 1. The van der Waals surface area contributed by atoms with E-state index in [1.165, 1.54) is 0 Å². The van der Waals surface area contributed by atoms with E-state index in [0.717, 1.165) is 18.7 Å². The summed E-state index contributed by atoms with van der Waals surface area (Å²) in [6, 6.07) is 9.35. The third-order valence-electron chi connectivity index (χ3n) is 5.00. The number of para-hydroxylation sites is 1. The van der Waals surface area contributed by atoms with E-state index in [9.17, 15) is 4.79 Å². The average molecular weight is 357 g/mol. The van der Waals surface area contributed by atoms with E-state index >= 15 is 0 Å². The van der Waals surface area contributed by atoms with Crippen LogP contribution in [0.5, 0.6) is 5.75 Å². The van der Waals surface area contributed by atoms with E-state index < -0.39 is 0 Å². The lowest BCUT2D eigenvalue weighted by atomic mass is 9.97. The second-order valence-electron chi connectivity index (χ2n) is 6.99. The van der Waals surface area contributed by atoms with Gasteiger partial charge in [0.05, 0.1) is 12.5 Å². The highest BCUT2D eigenvalue weighted by molar-refractivity contribution is 5.78. The Morgan fingerprint density at radius 3 is 2.81 bits per heavy atom. The number of rotatable bonds is 7. The molecule has 138 valence electrons. The summed E-state index contributed by atoms with van der Waals surface area (Å²) >= 11 is 0. The molecular formula is C19H23N3O4. The zero-order valence-corrected chi connectivity index (χ0v) is 14.8. The summed E-state index contributed by atoms with van der Waals surface area (Å²) in [6.45, 7) is 1.73. The van der Waals surface area contributed by atoms with Gasteiger partial charge in [-0.3, -0.25) is 4.79 Å². The highest BCUT2D eigenvalue weighted by Crippen LogP contribution is 2.40. The molecule has 1 aromatic heterocycles. The molecule has 0 radical (unpaired) electrons. The van der Waals surface area contributed by atoms with Crippen molar-refractivity contribution >= 4 is 5.91 Å². The predicted molar refractivity (Wildman–Crippen MR) is 92.9 cm³/mol. The van der Waals surface area contributed by atoms with Crippen molar-refractivity contribution in [1.82, 2.24) is 15.0 Å². The smallest absolute Gasteiger partial charge is 0.260 e. The maximum absolute atomic E-state index is 12.6. The molecular weight excluding hydrogens is 334 g/mol. The topological polar surface area (TPSA) is 77.7 Å². The minimum Gasteiger partial charge on any atom is -0.484 e. The quantitative estimate of drug-likeness (QED) is 0.756. The highest BCUT2D eigenvalue weighted by atomic mass is 16.5. The van der Waals surface area contributed by atoms with E-state index in [1.54, 1.807) is 12.0 Å². The third-order valence-corrected chi connectivity index (χ3v) is 5.00. The standard InChI is InChI=1S/C19H23N3O4/c1-24-11-14-9-22(17(23)12-25-15-5-3-2-4-6-15)10-16(14)19-20-18(21-26-19)13-7-8-13/h2-6,13-14,16H,7-12H2,1H3. The normalized spacial score (nSPS) is 22.6. The van der Waals surface area contributed by atoms with Crippen molar-refractivity contribution in [2.75, 3.05) is 33.4 Å². The minimum absolute atomic E-state index is 0.00984. The van der Waals surface area contributed by atoms with Crippen LogP contribution in [0.25, 0.3) is 0 Å². The Bertz CT molecular complexity index is 744. The molecule has 1 aliphatic heterocycles. The Kier molecular flexibility index (Phi) is 4.88. The van der Waals surface area contributed by atoms with Crippen molar-refractivity contribution in [2.45, 2.75) is 24.7 Å². The van der Waals surface area contributed by atoms with Gasteiger partial charge in [0.25, 0.3) is 5.91 Å². The SMILES string of the molecule is COCC1CN(C(=O)COc2ccccc2)CC1c1nc(C2CC2)no1. The van der Waals surface area contributed by atoms with Gasteiger partial charge in [-0.15, -0.1) is 0 Å². The second-order valence-corrected chi connectivity index (χ2v) is 6.99. The van der Waals surface area contributed by atoms with Crippen molar-refractivity contribution in [3.63, 3.8) is 0 Å². The molecule has 4 rings (SSSR count). The number of carbonyl (C=O) groups excluding carboxylic acids is 1. The fraction of sp³-hybridized carbons (Fsp3) is 0.526. The molecule has 1 saturated heterocycles. The molecule has 2 aliphatic rings. The summed E-state index contributed by atoms with van der Waals surface area (Å²) in [4.78, 5) is 18.9. The van der Waals surface area contributed by atoms with Crippen LogP contribution in [-0.2, 0) is 9.53 Å². The number of benzene rings is 1. The fourth-order valence-electron chi connectivity index (χ4n) is 3.40. The van der Waals surface area contributed by atoms with Gasteiger partial charge >= 0.3 is 0 Å². The van der Waals surface area contributed by atoms with Crippen LogP contribution in [0.2, 0.25) is 0 Å². The van der Waals surface area contributed by atoms with Crippen molar-refractivity contribution in [2.24, 2.45) is 5.92 Å². The van der Waals surface area contributed by atoms with Crippen molar-refractivity contribution in [3.8, 4) is 5.75 Å². The van der Waals surface area contributed by atoms with Crippen LogP contribution in [0, 0.1) is 5.92 Å². The summed E-state index contributed by atoms with van der Waals surface area (Å²) in [7, 11) is 1.67. The fourth-order valence-corrected chi connectivity index (χ4v) is 3.40. The molecule has 1 aromatic carbocycles. The number of likely N-dealkylation sites (tertiary alicyclic amines) is 1. The zero-order chi connectivity index (χ0) is 17.9. The van der Waals surface area contributed by atoms with Gasteiger partial charge in [0, 0.05) is 32.0 Å². The average Bonchev–Trinajstić information content (AvgIpc) is 3.25. The lowest BCUT2D eigenvalue weighted by Crippen LogP contribution is -2.33. The molecule has 2 unspecified atom stereocenters. The first-order valence-corrected chi connectivity index (χ1v) is 9.02. The van der Waals surface area contributed by atoms with Gasteiger partial charge in [-0.25, -0.2) is 0 Å². The van der Waals surface area contributed by atoms with E-state index in [0.29, 0.717) is 37.3 Å². The Balaban J connectivity index is 1.40. The van der Waals surface area contributed by atoms with Crippen LogP contribution >= 0.6 is 0 Å². The van der Waals surface area contributed by atoms with Gasteiger partial charge in [-0.05, 0) is 25.0 Å². The number of aromatic nitrogens is 2. The number of methoxy groups -OCH3 is 1. The Morgan fingerprint density at radius 2 is 2.08 bits per heavy atom. The van der Waals surface area contributed by atoms with Gasteiger partial charge in [0.1, 0.15) is 5.75 Å². The van der Waals surface area contributed by atoms with E-state index in [-0.39, 0.29) is 24.3 Å². The number of ether oxygens (including phenoxy) is 2. The molecule has 2 atom stereocenters. The molecule has 26 heavy (non-hydrogen) atoms. The molecule has 1 aliphatic carbocycles. The molecule has 2 aromatic rings. The van der Waals surface area contributed by atoms with E-state index in [4.69, 9.17) is 14.0 Å². The summed E-state index contributed by atoms with van der Waals surface area (Å²) in [5.41, 5.74) is 0. The maximum Gasteiger partial charge on any atom is 0.260 e. The molecule has 7 nitrogen and oxygen atoms in total. The zero-order valence-electron chi connectivity index (χ0n) is 14.8. The number of hydrogen-bond acceptors (Lipinski definition) is 6. The summed E-state index contributed by atoms with van der Waals surface area (Å²) in [5.74, 6) is 2.67. The maximum atomic E-state index is 12.6. The monoisotopic (exact) mass is 357 g/mol. The second kappa shape index (κ2) is 7.45. The Morgan fingerprint density at radius 1 is 1.27 bits per heavy atom. The van der Waals surface area contributed by atoms with Gasteiger partial charge in [-0.2, -0.15) is 4.98 Å². The molecule has 1 amide bonds. The van der Waals surface area contributed by atoms with Gasteiger partial charge < -0.3 is 18.9 Å². The Hall–Kier alpha value is -2.41. The lowest BCUT2D eigenvalue weighted by Gasteiger charge is -2.16. The minimum atomic E-state index is -0.0422. The van der Waals surface area contributed by atoms with Crippen LogP contribution in [0.15, 0.2) is 34.9 Å². The first-order valence-electron chi connectivity index (χ1n) is 9.02. The summed E-state index contributed by atoms with van der Waals surface area (Å²) in [6.07, 6.45) is 2.26. The van der Waals surface area contributed by atoms with Crippen LogP contribution in [-0.4, -0.2) is 54.4 Å². The first-order chi connectivity index (χ1) is 12.7.